The molecule has 1 fully saturated rings. The highest BCUT2D eigenvalue weighted by Gasteiger charge is 2.28. The van der Waals surface area contributed by atoms with Gasteiger partial charge in [-0.05, 0) is 24.6 Å². The number of amides is 2. The van der Waals surface area contributed by atoms with Gasteiger partial charge < -0.3 is 21.7 Å². The highest BCUT2D eigenvalue weighted by Crippen LogP contribution is 2.20. The van der Waals surface area contributed by atoms with Crippen LogP contribution in [0.4, 0.5) is 11.4 Å². The van der Waals surface area contributed by atoms with Crippen LogP contribution in [0.25, 0.3) is 0 Å². The molecule has 18 heavy (non-hydrogen) atoms. The predicted octanol–water partition coefficient (Wildman–Crippen LogP) is 0.0103. The number of primary amides is 1. The summed E-state index contributed by atoms with van der Waals surface area (Å²) in [5.74, 6) is -0.529. The Kier molecular flexibility index (Phi) is 3.10. The maximum atomic E-state index is 11.7. The quantitative estimate of drug-likeness (QED) is 0.656. The van der Waals surface area contributed by atoms with E-state index in [-0.39, 0.29) is 17.5 Å². The van der Waals surface area contributed by atoms with Gasteiger partial charge in [-0.2, -0.15) is 0 Å². The van der Waals surface area contributed by atoms with Gasteiger partial charge in [0.1, 0.15) is 6.04 Å². The number of nitrogens with two attached hydrogens (primary N) is 2. The summed E-state index contributed by atoms with van der Waals surface area (Å²) >= 11 is 0. The molecule has 1 saturated heterocycles. The molecule has 0 aromatic heterocycles. The Bertz CT molecular complexity index is 501. The lowest BCUT2D eigenvalue weighted by atomic mass is 10.1. The number of nitrogen functional groups attached to an aromatic ring is 1. The fraction of sp³-hybridized carbons (Fsp3) is 0.333. The van der Waals surface area contributed by atoms with Gasteiger partial charge in [-0.15, -0.1) is 0 Å². The molecular weight excluding hydrogens is 232 g/mol. The van der Waals surface area contributed by atoms with Gasteiger partial charge in [0, 0.05) is 25.0 Å². The lowest BCUT2D eigenvalue weighted by Gasteiger charge is -2.14. The highest BCUT2D eigenvalue weighted by molar-refractivity contribution is 5.99. The van der Waals surface area contributed by atoms with E-state index in [0.29, 0.717) is 11.4 Å². The molecule has 1 aromatic rings. The van der Waals surface area contributed by atoms with Crippen LogP contribution in [-0.2, 0) is 4.79 Å². The molecule has 1 aliphatic rings. The molecule has 5 N–H and O–H groups in total. The summed E-state index contributed by atoms with van der Waals surface area (Å²) < 4.78 is 0. The van der Waals surface area contributed by atoms with E-state index >= 15 is 0 Å². The molecule has 6 heteroatoms. The second-order valence-corrected chi connectivity index (χ2v) is 4.41. The van der Waals surface area contributed by atoms with Crippen LogP contribution in [0.15, 0.2) is 18.2 Å². The molecular formula is C12H16N4O2. The number of carbonyl (C=O) groups excluding carboxylic acids is 2. The summed E-state index contributed by atoms with van der Waals surface area (Å²) in [6.07, 6.45) is 0.742. The van der Waals surface area contributed by atoms with E-state index in [2.05, 4.69) is 5.32 Å². The second kappa shape index (κ2) is 4.56. The molecule has 0 spiro atoms. The molecule has 0 saturated carbocycles. The topological polar surface area (TPSA) is 101 Å². The van der Waals surface area contributed by atoms with Gasteiger partial charge in [0.05, 0.1) is 5.56 Å². The minimum Gasteiger partial charge on any atom is -0.398 e. The molecule has 0 aliphatic carbocycles. The molecule has 1 aromatic carbocycles. The number of hydrogen-bond donors (Lipinski definition) is 3. The number of benzene rings is 1. The van der Waals surface area contributed by atoms with Crippen molar-refractivity contribution in [2.24, 2.45) is 5.73 Å². The normalized spacial score (nSPS) is 19.1. The van der Waals surface area contributed by atoms with Crippen LogP contribution < -0.4 is 16.8 Å². The molecule has 1 aliphatic heterocycles. The van der Waals surface area contributed by atoms with Crippen molar-refractivity contribution in [2.75, 3.05) is 24.6 Å². The standard InChI is InChI=1S/C12H16N4O2/c1-16-5-4-10(12(16)18)15-7-2-3-9(13)8(6-7)11(14)17/h2-3,6,10,15H,4-5,13H2,1H3,(H2,14,17). The van der Waals surface area contributed by atoms with E-state index < -0.39 is 5.91 Å². The first-order chi connectivity index (χ1) is 8.49. The summed E-state index contributed by atoms with van der Waals surface area (Å²) in [6.45, 7) is 0.730. The van der Waals surface area contributed by atoms with Crippen molar-refractivity contribution in [1.82, 2.24) is 4.90 Å². The third kappa shape index (κ3) is 2.22. The number of nitrogens with zero attached hydrogens (tertiary/aromatic N) is 1. The van der Waals surface area contributed by atoms with E-state index in [1.165, 1.54) is 0 Å². The van der Waals surface area contributed by atoms with Crippen LogP contribution in [0, 0.1) is 0 Å². The highest BCUT2D eigenvalue weighted by atomic mass is 16.2. The van der Waals surface area contributed by atoms with Crippen LogP contribution in [0.3, 0.4) is 0 Å². The lowest BCUT2D eigenvalue weighted by molar-refractivity contribution is -0.127. The van der Waals surface area contributed by atoms with Crippen molar-refractivity contribution in [1.29, 1.82) is 0 Å². The Morgan fingerprint density at radius 3 is 2.78 bits per heavy atom. The van der Waals surface area contributed by atoms with E-state index in [1.807, 2.05) is 0 Å². The van der Waals surface area contributed by atoms with Crippen molar-refractivity contribution < 1.29 is 9.59 Å². The maximum absolute atomic E-state index is 11.7. The zero-order valence-electron chi connectivity index (χ0n) is 10.1. The van der Waals surface area contributed by atoms with Gasteiger partial charge in [0.15, 0.2) is 0 Å². The largest absolute Gasteiger partial charge is 0.398 e. The number of likely N-dealkylation sites (N-methyl/N-ethyl adjacent to an activating group) is 1. The zero-order valence-corrected chi connectivity index (χ0v) is 10.1. The van der Waals surface area contributed by atoms with Gasteiger partial charge in [-0.3, -0.25) is 9.59 Å². The molecule has 0 radical (unpaired) electrons. The fourth-order valence-electron chi connectivity index (χ4n) is 2.02. The van der Waals surface area contributed by atoms with Crippen molar-refractivity contribution in [3.05, 3.63) is 23.8 Å². The minimum atomic E-state index is -0.578. The van der Waals surface area contributed by atoms with Crippen LogP contribution in [0.5, 0.6) is 0 Å². The Morgan fingerprint density at radius 2 is 2.22 bits per heavy atom. The Balaban J connectivity index is 2.18. The summed E-state index contributed by atoms with van der Waals surface area (Å²) in [4.78, 5) is 24.6. The molecule has 1 atom stereocenters. The number of hydrogen-bond acceptors (Lipinski definition) is 4. The van der Waals surface area contributed by atoms with Gasteiger partial charge in [0.25, 0.3) is 5.91 Å². The van der Waals surface area contributed by atoms with Crippen LogP contribution in [0.2, 0.25) is 0 Å². The van der Waals surface area contributed by atoms with Crippen molar-refractivity contribution >= 4 is 23.2 Å². The first-order valence-corrected chi connectivity index (χ1v) is 5.70. The van der Waals surface area contributed by atoms with Crippen molar-refractivity contribution in [3.8, 4) is 0 Å². The maximum Gasteiger partial charge on any atom is 0.250 e. The Morgan fingerprint density at radius 1 is 1.50 bits per heavy atom. The molecule has 1 unspecified atom stereocenters. The van der Waals surface area contributed by atoms with Crippen molar-refractivity contribution in [2.45, 2.75) is 12.5 Å². The molecule has 2 rings (SSSR count). The lowest BCUT2D eigenvalue weighted by Crippen LogP contribution is -2.31. The predicted molar refractivity (Wildman–Crippen MR) is 69.0 cm³/mol. The average molecular weight is 248 g/mol. The number of carbonyl (C=O) groups is 2. The van der Waals surface area contributed by atoms with Crippen LogP contribution in [0.1, 0.15) is 16.8 Å². The molecule has 0 bridgehead atoms. The molecule has 1 heterocycles. The summed E-state index contributed by atoms with van der Waals surface area (Å²) in [7, 11) is 1.77. The van der Waals surface area contributed by atoms with E-state index in [9.17, 15) is 9.59 Å². The summed E-state index contributed by atoms with van der Waals surface area (Å²) in [5, 5.41) is 3.09. The smallest absolute Gasteiger partial charge is 0.250 e. The second-order valence-electron chi connectivity index (χ2n) is 4.41. The first kappa shape index (κ1) is 12.2. The zero-order chi connectivity index (χ0) is 13.3. The monoisotopic (exact) mass is 248 g/mol. The Hall–Kier alpha value is -2.24. The SMILES string of the molecule is CN1CCC(Nc2ccc(N)c(C(N)=O)c2)C1=O. The van der Waals surface area contributed by atoms with Gasteiger partial charge in [-0.1, -0.05) is 0 Å². The number of nitrogens with one attached hydrogen (secondary N) is 1. The van der Waals surface area contributed by atoms with Crippen LogP contribution in [-0.4, -0.2) is 36.3 Å². The minimum absolute atomic E-state index is 0.0486. The number of anilines is 2. The number of rotatable bonds is 3. The molecule has 96 valence electrons. The molecule has 6 nitrogen and oxygen atoms in total. The van der Waals surface area contributed by atoms with E-state index in [1.54, 1.807) is 30.1 Å². The van der Waals surface area contributed by atoms with E-state index in [4.69, 9.17) is 11.5 Å². The summed E-state index contributed by atoms with van der Waals surface area (Å²) in [5.41, 5.74) is 12.1. The number of likely N-dealkylation sites (tertiary alicyclic amines) is 1. The Labute approximate surface area is 105 Å². The van der Waals surface area contributed by atoms with Crippen molar-refractivity contribution in [3.63, 3.8) is 0 Å². The molecule has 2 amide bonds. The van der Waals surface area contributed by atoms with Crippen LogP contribution >= 0.6 is 0 Å². The van der Waals surface area contributed by atoms with E-state index in [0.717, 1.165) is 13.0 Å². The van der Waals surface area contributed by atoms with Gasteiger partial charge in [0.2, 0.25) is 5.91 Å². The van der Waals surface area contributed by atoms with Gasteiger partial charge in [-0.25, -0.2) is 0 Å². The third-order valence-corrected chi connectivity index (χ3v) is 3.09. The third-order valence-electron chi connectivity index (χ3n) is 3.09. The first-order valence-electron chi connectivity index (χ1n) is 5.70. The summed E-state index contributed by atoms with van der Waals surface area (Å²) in [6, 6.07) is 4.65. The fourth-order valence-corrected chi connectivity index (χ4v) is 2.02. The van der Waals surface area contributed by atoms with Gasteiger partial charge >= 0.3 is 0 Å². The average Bonchev–Trinajstić information content (AvgIpc) is 2.63.